The first kappa shape index (κ1) is 60.5. The number of carboxylic acids is 1. The molecular formula is C55H101NO7. The van der Waals surface area contributed by atoms with Crippen molar-refractivity contribution in [1.29, 1.82) is 0 Å². The number of likely N-dealkylation sites (N-methyl/N-ethyl adjacent to an activating group) is 1. The first-order valence-corrected chi connectivity index (χ1v) is 26.5. The summed E-state index contributed by atoms with van der Waals surface area (Å²) in [4.78, 5) is 37.0. The van der Waals surface area contributed by atoms with Gasteiger partial charge in [0, 0.05) is 19.3 Å². The number of unbranched alkanes of at least 4 members (excludes halogenated alkanes) is 28. The normalized spacial score (nSPS) is 13.1. The van der Waals surface area contributed by atoms with E-state index in [1.165, 1.54) is 141 Å². The van der Waals surface area contributed by atoms with Crippen LogP contribution in [0.4, 0.5) is 0 Å². The van der Waals surface area contributed by atoms with E-state index in [-0.39, 0.29) is 42.7 Å². The average molecular weight is 888 g/mol. The molecule has 8 heteroatoms. The van der Waals surface area contributed by atoms with E-state index in [2.05, 4.69) is 50.3 Å². The Balaban J connectivity index is 4.16. The van der Waals surface area contributed by atoms with Crippen molar-refractivity contribution in [3.8, 4) is 0 Å². The maximum Gasteiger partial charge on any atom is 0.306 e. The van der Waals surface area contributed by atoms with Crippen molar-refractivity contribution >= 4 is 17.9 Å². The molecule has 0 saturated heterocycles. The molecule has 0 aromatic rings. The molecule has 0 spiro atoms. The molecule has 0 aromatic carbocycles. The van der Waals surface area contributed by atoms with E-state index in [9.17, 15) is 19.5 Å². The van der Waals surface area contributed by atoms with Crippen molar-refractivity contribution in [2.45, 2.75) is 257 Å². The summed E-state index contributed by atoms with van der Waals surface area (Å²) in [5.41, 5.74) is 0. The largest absolute Gasteiger partial charge is 0.544 e. The molecule has 0 N–H and O–H groups in total. The van der Waals surface area contributed by atoms with Crippen molar-refractivity contribution < 1.29 is 38.2 Å². The van der Waals surface area contributed by atoms with Crippen LogP contribution in [0.25, 0.3) is 0 Å². The van der Waals surface area contributed by atoms with Gasteiger partial charge in [-0.05, 0) is 44.9 Å². The molecule has 2 atom stereocenters. The second-order valence-electron chi connectivity index (χ2n) is 19.1. The molecule has 63 heavy (non-hydrogen) atoms. The van der Waals surface area contributed by atoms with E-state index < -0.39 is 18.1 Å². The molecule has 0 radical (unpaired) electrons. The fourth-order valence-corrected chi connectivity index (χ4v) is 7.97. The highest BCUT2D eigenvalue weighted by molar-refractivity contribution is 5.70. The van der Waals surface area contributed by atoms with Crippen LogP contribution >= 0.6 is 0 Å². The van der Waals surface area contributed by atoms with Crippen LogP contribution in [0.3, 0.4) is 0 Å². The lowest BCUT2D eigenvalue weighted by Gasteiger charge is -2.34. The molecule has 0 aliphatic rings. The van der Waals surface area contributed by atoms with Crippen molar-refractivity contribution in [1.82, 2.24) is 0 Å². The number of aliphatic carboxylic acids is 1. The zero-order valence-corrected chi connectivity index (χ0v) is 42.0. The Hall–Kier alpha value is -2.45. The summed E-state index contributed by atoms with van der Waals surface area (Å²) >= 11 is 0. The number of quaternary nitrogens is 1. The van der Waals surface area contributed by atoms with Crippen LogP contribution in [-0.4, -0.2) is 75.5 Å². The molecule has 0 aliphatic carbocycles. The van der Waals surface area contributed by atoms with Gasteiger partial charge in [-0.3, -0.25) is 9.59 Å². The summed E-state index contributed by atoms with van der Waals surface area (Å²) < 4.78 is 17.2. The van der Waals surface area contributed by atoms with Gasteiger partial charge in [-0.25, -0.2) is 0 Å². The molecule has 0 aromatic heterocycles. The quantitative estimate of drug-likeness (QED) is 0.0259. The van der Waals surface area contributed by atoms with Gasteiger partial charge in [-0.15, -0.1) is 0 Å². The number of ether oxygens (including phenoxy) is 3. The average Bonchev–Trinajstić information content (AvgIpc) is 3.24. The summed E-state index contributed by atoms with van der Waals surface area (Å²) in [7, 11) is 5.42. The van der Waals surface area contributed by atoms with Crippen LogP contribution < -0.4 is 5.11 Å². The van der Waals surface area contributed by atoms with Crippen LogP contribution in [-0.2, 0) is 28.6 Å². The van der Waals surface area contributed by atoms with E-state index in [1.807, 2.05) is 0 Å². The topological polar surface area (TPSA) is 102 Å². The molecule has 0 heterocycles. The van der Waals surface area contributed by atoms with Crippen LogP contribution in [0.2, 0.25) is 0 Å². The predicted octanol–water partition coefficient (Wildman–Crippen LogP) is 14.0. The third kappa shape index (κ3) is 44.5. The fourth-order valence-electron chi connectivity index (χ4n) is 7.97. The molecule has 0 rings (SSSR count). The number of hydrogen-bond donors (Lipinski definition) is 0. The number of carbonyl (C=O) groups is 3. The number of carbonyl (C=O) groups excluding carboxylic acids is 3. The molecular weight excluding hydrogens is 787 g/mol. The van der Waals surface area contributed by atoms with Crippen molar-refractivity contribution in [3.05, 3.63) is 36.5 Å². The molecule has 0 amide bonds. The van der Waals surface area contributed by atoms with Crippen LogP contribution in [0.15, 0.2) is 36.5 Å². The van der Waals surface area contributed by atoms with E-state index >= 15 is 0 Å². The van der Waals surface area contributed by atoms with Crippen LogP contribution in [0, 0.1) is 0 Å². The first-order valence-electron chi connectivity index (χ1n) is 26.5. The molecule has 0 bridgehead atoms. The summed E-state index contributed by atoms with van der Waals surface area (Å²) in [6.07, 6.45) is 54.7. The van der Waals surface area contributed by atoms with E-state index in [0.717, 1.165) is 70.6 Å². The zero-order chi connectivity index (χ0) is 46.3. The standard InChI is InChI=1S/C55H101NO7/c1-6-8-10-12-14-16-18-20-22-24-25-26-27-28-29-30-32-33-35-37-39-41-43-45-53(57)62-50-51(49-61-48-47-52(55(59)60)56(3,4)5)63-54(58)46-44-42-40-38-36-34-31-23-21-19-17-15-13-11-9-7-2/h9,11,15,17,21,23,51-52H,6-8,10,12-14,16,18-20,22,24-50H2,1-5H3/b11-9+,17-15+,23-21+. The lowest BCUT2D eigenvalue weighted by atomic mass is 10.0. The highest BCUT2D eigenvalue weighted by atomic mass is 16.6. The smallest absolute Gasteiger partial charge is 0.306 e. The van der Waals surface area contributed by atoms with Gasteiger partial charge < -0.3 is 28.6 Å². The van der Waals surface area contributed by atoms with Gasteiger partial charge in [-0.1, -0.05) is 217 Å². The van der Waals surface area contributed by atoms with Crippen LogP contribution in [0.1, 0.15) is 245 Å². The maximum absolute atomic E-state index is 12.8. The van der Waals surface area contributed by atoms with Crippen molar-refractivity contribution in [2.24, 2.45) is 0 Å². The lowest BCUT2D eigenvalue weighted by molar-refractivity contribution is -0.889. The molecule has 2 unspecified atom stereocenters. The monoisotopic (exact) mass is 888 g/mol. The summed E-state index contributed by atoms with van der Waals surface area (Å²) in [6, 6.07) is -0.727. The number of hydrogen-bond acceptors (Lipinski definition) is 7. The van der Waals surface area contributed by atoms with Gasteiger partial charge in [0.15, 0.2) is 6.10 Å². The minimum absolute atomic E-state index is 0.0381. The maximum atomic E-state index is 12.8. The van der Waals surface area contributed by atoms with E-state index in [4.69, 9.17) is 14.2 Å². The lowest BCUT2D eigenvalue weighted by Crippen LogP contribution is -2.55. The molecule has 0 saturated carbocycles. The number of nitrogens with zero attached hydrogens (tertiary/aromatic N) is 1. The summed E-state index contributed by atoms with van der Waals surface area (Å²) in [6.45, 7) is 4.58. The second kappa shape index (κ2) is 46.1. The Morgan fingerprint density at radius 3 is 1.32 bits per heavy atom. The fraction of sp³-hybridized carbons (Fsp3) is 0.836. The predicted molar refractivity (Wildman–Crippen MR) is 263 cm³/mol. The Bertz CT molecular complexity index is 1130. The van der Waals surface area contributed by atoms with Gasteiger partial charge in [0.05, 0.1) is 40.3 Å². The highest BCUT2D eigenvalue weighted by Crippen LogP contribution is 2.17. The first-order chi connectivity index (χ1) is 30.6. The second-order valence-corrected chi connectivity index (χ2v) is 19.1. The molecule has 0 aliphatic heterocycles. The minimum atomic E-state index is -1.12. The number of carboxylic acid groups (broad SMARTS) is 1. The van der Waals surface area contributed by atoms with Crippen molar-refractivity contribution in [3.63, 3.8) is 0 Å². The van der Waals surface area contributed by atoms with E-state index in [1.54, 1.807) is 21.1 Å². The third-order valence-corrected chi connectivity index (χ3v) is 12.0. The Labute approximate surface area is 389 Å². The number of allylic oxidation sites excluding steroid dienone is 6. The SMILES string of the molecule is CC/C=C/C/C=C/C/C=C/CCCCCCCCC(=O)OC(COCCC(C(=O)[O-])[N+](C)(C)C)COC(=O)CCCCCCCCCCCCCCCCCCCCCCCCC. The molecule has 8 nitrogen and oxygen atoms in total. The Kier molecular flexibility index (Phi) is 44.3. The number of rotatable bonds is 48. The molecule has 0 fully saturated rings. The van der Waals surface area contributed by atoms with Crippen molar-refractivity contribution in [2.75, 3.05) is 41.0 Å². The van der Waals surface area contributed by atoms with Gasteiger partial charge in [0.1, 0.15) is 12.6 Å². The van der Waals surface area contributed by atoms with Crippen LogP contribution in [0.5, 0.6) is 0 Å². The summed E-state index contributed by atoms with van der Waals surface area (Å²) in [5.74, 6) is -1.74. The van der Waals surface area contributed by atoms with Gasteiger partial charge in [0.2, 0.25) is 0 Å². The van der Waals surface area contributed by atoms with E-state index in [0.29, 0.717) is 12.8 Å². The van der Waals surface area contributed by atoms with Gasteiger partial charge >= 0.3 is 11.9 Å². The molecule has 368 valence electrons. The van der Waals surface area contributed by atoms with Gasteiger partial charge in [0.25, 0.3) is 0 Å². The summed E-state index contributed by atoms with van der Waals surface area (Å²) in [5, 5.41) is 11.7. The zero-order valence-electron chi connectivity index (χ0n) is 42.0. The van der Waals surface area contributed by atoms with Gasteiger partial charge in [-0.2, -0.15) is 0 Å². The highest BCUT2D eigenvalue weighted by Gasteiger charge is 2.25. The minimum Gasteiger partial charge on any atom is -0.544 e. The third-order valence-electron chi connectivity index (χ3n) is 12.0. The Morgan fingerprint density at radius 1 is 0.492 bits per heavy atom. The Morgan fingerprint density at radius 2 is 0.889 bits per heavy atom. The number of esters is 2.